The summed E-state index contributed by atoms with van der Waals surface area (Å²) in [5, 5.41) is 11.3. The number of morpholine rings is 1. The van der Waals surface area contributed by atoms with E-state index < -0.39 is 14.9 Å². The van der Waals surface area contributed by atoms with Crippen molar-refractivity contribution in [3.63, 3.8) is 0 Å². The Labute approximate surface area is 169 Å². The van der Waals surface area contributed by atoms with Gasteiger partial charge in [-0.3, -0.25) is 14.9 Å². The number of nitrogens with zero attached hydrogens (tertiary/aromatic N) is 3. The number of ether oxygens (including phenoxy) is 1. The van der Waals surface area contributed by atoms with Gasteiger partial charge in [-0.2, -0.15) is 4.31 Å². The molecule has 1 aromatic rings. The first-order valence-electron chi connectivity index (χ1n) is 9.58. The summed E-state index contributed by atoms with van der Waals surface area (Å²) in [4.78, 5) is 23.9. The van der Waals surface area contributed by atoms with Gasteiger partial charge in [0.15, 0.2) is 0 Å². The molecule has 1 aromatic carbocycles. The zero-order chi connectivity index (χ0) is 21.3. The second kappa shape index (κ2) is 8.25. The van der Waals surface area contributed by atoms with E-state index in [0.717, 1.165) is 6.07 Å². The minimum atomic E-state index is -3.98. The van der Waals surface area contributed by atoms with E-state index in [9.17, 15) is 23.3 Å². The molecule has 2 heterocycles. The van der Waals surface area contributed by atoms with Gasteiger partial charge in [-0.1, -0.05) is 0 Å². The number of amides is 1. The summed E-state index contributed by atoms with van der Waals surface area (Å²) in [5.74, 6) is -0.609. The molecule has 2 N–H and O–H groups in total. The molecular weight excluding hydrogens is 400 g/mol. The van der Waals surface area contributed by atoms with Crippen molar-refractivity contribution in [2.75, 3.05) is 31.1 Å². The van der Waals surface area contributed by atoms with Crippen LogP contribution in [0.25, 0.3) is 0 Å². The van der Waals surface area contributed by atoms with Gasteiger partial charge in [-0.15, -0.1) is 0 Å². The van der Waals surface area contributed by atoms with Gasteiger partial charge in [0.2, 0.25) is 15.9 Å². The van der Waals surface area contributed by atoms with Crippen LogP contribution in [0.15, 0.2) is 23.1 Å². The summed E-state index contributed by atoms with van der Waals surface area (Å²) in [5.41, 5.74) is 5.50. The van der Waals surface area contributed by atoms with Gasteiger partial charge in [0.05, 0.1) is 22.8 Å². The summed E-state index contributed by atoms with van der Waals surface area (Å²) < 4.78 is 33.8. The summed E-state index contributed by atoms with van der Waals surface area (Å²) in [6, 6.07) is 3.90. The zero-order valence-electron chi connectivity index (χ0n) is 16.5. The number of nitro groups is 1. The smallest absolute Gasteiger partial charge is 0.270 e. The third-order valence-corrected chi connectivity index (χ3v) is 7.26. The molecule has 2 aliphatic heterocycles. The second-order valence-electron chi connectivity index (χ2n) is 7.65. The molecule has 0 aliphatic carbocycles. The highest BCUT2D eigenvalue weighted by Crippen LogP contribution is 2.34. The van der Waals surface area contributed by atoms with Crippen LogP contribution in [0.2, 0.25) is 0 Å². The quantitative estimate of drug-likeness (QED) is 0.550. The minimum Gasteiger partial charge on any atom is -0.373 e. The van der Waals surface area contributed by atoms with Gasteiger partial charge < -0.3 is 15.4 Å². The molecule has 160 valence electrons. The van der Waals surface area contributed by atoms with Gasteiger partial charge >= 0.3 is 0 Å². The zero-order valence-corrected chi connectivity index (χ0v) is 17.3. The molecule has 10 nitrogen and oxygen atoms in total. The number of piperidine rings is 1. The summed E-state index contributed by atoms with van der Waals surface area (Å²) >= 11 is 0. The molecule has 2 saturated heterocycles. The van der Waals surface area contributed by atoms with E-state index in [4.69, 9.17) is 10.5 Å². The number of hydrogen-bond acceptors (Lipinski definition) is 7. The third kappa shape index (κ3) is 4.51. The molecule has 0 saturated carbocycles. The van der Waals surface area contributed by atoms with Crippen molar-refractivity contribution in [2.45, 2.75) is 43.8 Å². The Hall–Kier alpha value is -2.24. The van der Waals surface area contributed by atoms with Gasteiger partial charge in [0, 0.05) is 44.2 Å². The fraction of sp³-hybridized carbons (Fsp3) is 0.611. The topological polar surface area (TPSA) is 136 Å². The number of carbonyl (C=O) groups is 1. The van der Waals surface area contributed by atoms with Crippen LogP contribution in [0.1, 0.15) is 26.7 Å². The van der Waals surface area contributed by atoms with Crippen molar-refractivity contribution in [3.05, 3.63) is 28.3 Å². The summed E-state index contributed by atoms with van der Waals surface area (Å²) in [7, 11) is -3.98. The number of benzene rings is 1. The molecule has 0 spiro atoms. The molecule has 0 bridgehead atoms. The number of sulfonamides is 1. The van der Waals surface area contributed by atoms with Crippen molar-refractivity contribution in [1.29, 1.82) is 0 Å². The average molecular weight is 426 g/mol. The highest BCUT2D eigenvalue weighted by Gasteiger charge is 2.36. The van der Waals surface area contributed by atoms with E-state index >= 15 is 0 Å². The number of non-ortho nitro benzene ring substituents is 1. The van der Waals surface area contributed by atoms with E-state index in [2.05, 4.69) is 0 Å². The van der Waals surface area contributed by atoms with Crippen molar-refractivity contribution >= 4 is 27.3 Å². The second-order valence-corrected chi connectivity index (χ2v) is 9.56. The number of hydrogen-bond donors (Lipinski definition) is 1. The fourth-order valence-corrected chi connectivity index (χ4v) is 5.78. The predicted octanol–water partition coefficient (Wildman–Crippen LogP) is 1.09. The highest BCUT2D eigenvalue weighted by molar-refractivity contribution is 7.89. The third-order valence-electron chi connectivity index (χ3n) is 5.40. The fourth-order valence-electron chi connectivity index (χ4n) is 3.96. The number of rotatable bonds is 5. The number of carbonyl (C=O) groups excluding carboxylic acids is 1. The van der Waals surface area contributed by atoms with Crippen LogP contribution in [0.5, 0.6) is 0 Å². The lowest BCUT2D eigenvalue weighted by Gasteiger charge is -2.37. The Morgan fingerprint density at radius 1 is 1.21 bits per heavy atom. The molecule has 0 radical (unpaired) electrons. The molecule has 2 atom stereocenters. The van der Waals surface area contributed by atoms with E-state index in [-0.39, 0.29) is 47.7 Å². The first kappa shape index (κ1) is 21.5. The summed E-state index contributed by atoms with van der Waals surface area (Å²) in [6.07, 6.45) is 0.471. The Morgan fingerprint density at radius 3 is 2.31 bits per heavy atom. The van der Waals surface area contributed by atoms with E-state index in [1.807, 2.05) is 4.90 Å². The molecule has 1 amide bonds. The maximum atomic E-state index is 13.4. The first-order valence-corrected chi connectivity index (χ1v) is 11.0. The minimum absolute atomic E-state index is 0.0921. The molecule has 2 fully saturated rings. The first-order chi connectivity index (χ1) is 13.6. The summed E-state index contributed by atoms with van der Waals surface area (Å²) in [6.45, 7) is 4.84. The van der Waals surface area contributed by atoms with Crippen molar-refractivity contribution in [1.82, 2.24) is 4.31 Å². The monoisotopic (exact) mass is 426 g/mol. The van der Waals surface area contributed by atoms with Crippen LogP contribution in [-0.2, 0) is 19.6 Å². The molecule has 2 unspecified atom stereocenters. The van der Waals surface area contributed by atoms with Crippen molar-refractivity contribution < 1.29 is 22.9 Å². The predicted molar refractivity (Wildman–Crippen MR) is 106 cm³/mol. The molecule has 3 rings (SSSR count). The lowest BCUT2D eigenvalue weighted by Crippen LogP contribution is -2.48. The van der Waals surface area contributed by atoms with Gasteiger partial charge in [-0.25, -0.2) is 8.42 Å². The lowest BCUT2D eigenvalue weighted by atomic mass is 9.96. The maximum absolute atomic E-state index is 13.4. The number of primary amides is 1. The van der Waals surface area contributed by atoms with Crippen LogP contribution >= 0.6 is 0 Å². The van der Waals surface area contributed by atoms with Crippen LogP contribution in [0.4, 0.5) is 11.4 Å². The molecule has 29 heavy (non-hydrogen) atoms. The van der Waals surface area contributed by atoms with Gasteiger partial charge in [-0.05, 0) is 32.8 Å². The number of anilines is 1. The Balaban J connectivity index is 1.98. The van der Waals surface area contributed by atoms with Crippen molar-refractivity contribution in [3.8, 4) is 0 Å². The number of nitro benzene ring substituents is 1. The Morgan fingerprint density at radius 2 is 1.79 bits per heavy atom. The largest absolute Gasteiger partial charge is 0.373 e. The van der Waals surface area contributed by atoms with E-state index in [1.165, 1.54) is 16.4 Å². The average Bonchev–Trinajstić information content (AvgIpc) is 2.66. The molecule has 11 heteroatoms. The maximum Gasteiger partial charge on any atom is 0.270 e. The van der Waals surface area contributed by atoms with Crippen LogP contribution in [-0.4, -0.2) is 61.9 Å². The molecule has 0 aromatic heterocycles. The van der Waals surface area contributed by atoms with Crippen LogP contribution in [0.3, 0.4) is 0 Å². The van der Waals surface area contributed by atoms with Crippen LogP contribution < -0.4 is 10.6 Å². The molecule has 2 aliphatic rings. The van der Waals surface area contributed by atoms with E-state index in [1.54, 1.807) is 13.8 Å². The van der Waals surface area contributed by atoms with Gasteiger partial charge in [0.1, 0.15) is 4.90 Å². The van der Waals surface area contributed by atoms with Crippen molar-refractivity contribution in [2.24, 2.45) is 11.7 Å². The SMILES string of the molecule is CC1CN(S(=O)(=O)c2cc([N+](=O)[O-])ccc2N2CCC(C(N)=O)CC2)CC(C)O1. The Kier molecular flexibility index (Phi) is 6.11. The Bertz CT molecular complexity index is 888. The lowest BCUT2D eigenvalue weighted by molar-refractivity contribution is -0.385. The standard InChI is InChI=1S/C18H26N4O6S/c1-12-10-21(11-13(2)28-12)29(26,27)17-9-15(22(24)25)3-4-16(17)20-7-5-14(6-8-20)18(19)23/h3-4,9,12-14H,5-8,10-11H2,1-2H3,(H2,19,23). The van der Waals surface area contributed by atoms with Crippen LogP contribution in [0, 0.1) is 16.0 Å². The molecular formula is C18H26N4O6S. The van der Waals surface area contributed by atoms with Gasteiger partial charge in [0.25, 0.3) is 5.69 Å². The van der Waals surface area contributed by atoms with E-state index in [0.29, 0.717) is 31.6 Å². The number of nitrogens with two attached hydrogens (primary N) is 1. The normalized spacial score (nSPS) is 24.4. The highest BCUT2D eigenvalue weighted by atomic mass is 32.2.